The first-order valence-electron chi connectivity index (χ1n) is 13.8. The zero-order valence-corrected chi connectivity index (χ0v) is 22.3. The van der Waals surface area contributed by atoms with E-state index >= 15 is 0 Å². The summed E-state index contributed by atoms with van der Waals surface area (Å²) in [6, 6.07) is 9.42. The molecule has 8 heteroatoms. The van der Waals surface area contributed by atoms with E-state index in [1.165, 1.54) is 51.4 Å². The van der Waals surface area contributed by atoms with Crippen molar-refractivity contribution in [1.82, 2.24) is 5.32 Å². The van der Waals surface area contributed by atoms with E-state index in [1.54, 1.807) is 30.3 Å². The van der Waals surface area contributed by atoms with Crippen molar-refractivity contribution in [2.45, 2.75) is 122 Å². The van der Waals surface area contributed by atoms with Crippen LogP contribution in [0.1, 0.15) is 110 Å². The van der Waals surface area contributed by atoms with Gasteiger partial charge < -0.3 is 19.9 Å². The van der Waals surface area contributed by atoms with Crippen LogP contribution >= 0.6 is 0 Å². The molecule has 2 atom stereocenters. The molecule has 2 N–H and O–H groups in total. The van der Waals surface area contributed by atoms with Gasteiger partial charge in [-0.2, -0.15) is 5.26 Å². The molecule has 0 radical (unpaired) electrons. The SMILES string of the molecule is CCCCCCCCCCCCCC(CC#N)OC(=O)C(CCCC(=O)O)NC(=O)Oc1ccccc1. The first-order valence-corrected chi connectivity index (χ1v) is 13.8. The van der Waals surface area contributed by atoms with Gasteiger partial charge in [0.15, 0.2) is 0 Å². The molecule has 0 fully saturated rings. The molecule has 37 heavy (non-hydrogen) atoms. The van der Waals surface area contributed by atoms with E-state index < -0.39 is 30.2 Å². The number of carboxylic acids is 1. The molecule has 0 saturated heterocycles. The topological polar surface area (TPSA) is 126 Å². The number of nitriles is 1. The lowest BCUT2D eigenvalue weighted by Crippen LogP contribution is -2.44. The third kappa shape index (κ3) is 17.1. The maximum absolute atomic E-state index is 12.8. The number of carboxylic acid groups (broad SMARTS) is 1. The molecule has 0 heterocycles. The Hall–Kier alpha value is -3.08. The van der Waals surface area contributed by atoms with E-state index in [-0.39, 0.29) is 25.7 Å². The predicted octanol–water partition coefficient (Wildman–Crippen LogP) is 6.93. The highest BCUT2D eigenvalue weighted by molar-refractivity contribution is 5.82. The van der Waals surface area contributed by atoms with Gasteiger partial charge in [-0.25, -0.2) is 9.59 Å². The number of carbonyl (C=O) groups excluding carboxylic acids is 2. The van der Waals surface area contributed by atoms with Crippen molar-refractivity contribution >= 4 is 18.0 Å². The number of nitrogens with one attached hydrogen (secondary N) is 1. The number of benzene rings is 1. The molecule has 206 valence electrons. The second-order valence-corrected chi connectivity index (χ2v) is 9.43. The number of hydrogen-bond donors (Lipinski definition) is 2. The first-order chi connectivity index (χ1) is 18.0. The Kier molecular flexibility index (Phi) is 18.2. The fourth-order valence-electron chi connectivity index (χ4n) is 4.06. The minimum atomic E-state index is -1.06. The minimum absolute atomic E-state index is 0.0693. The molecule has 1 amide bonds. The molecule has 1 aromatic carbocycles. The van der Waals surface area contributed by atoms with Crippen LogP contribution < -0.4 is 10.1 Å². The van der Waals surface area contributed by atoms with Crippen molar-refractivity contribution in [3.05, 3.63) is 30.3 Å². The van der Waals surface area contributed by atoms with Crippen LogP contribution in [0.3, 0.4) is 0 Å². The second kappa shape index (κ2) is 21.0. The van der Waals surface area contributed by atoms with Gasteiger partial charge in [0, 0.05) is 6.42 Å². The third-order valence-corrected chi connectivity index (χ3v) is 6.15. The van der Waals surface area contributed by atoms with Crippen LogP contribution in [-0.4, -0.2) is 35.3 Å². The van der Waals surface area contributed by atoms with Gasteiger partial charge in [0.25, 0.3) is 0 Å². The Labute approximate surface area is 221 Å². The summed E-state index contributed by atoms with van der Waals surface area (Å²) >= 11 is 0. The van der Waals surface area contributed by atoms with E-state index in [9.17, 15) is 19.6 Å². The molecule has 1 rings (SSSR count). The van der Waals surface area contributed by atoms with E-state index in [4.69, 9.17) is 14.6 Å². The zero-order valence-electron chi connectivity index (χ0n) is 22.3. The molecule has 8 nitrogen and oxygen atoms in total. The highest BCUT2D eigenvalue weighted by Gasteiger charge is 2.26. The molecule has 0 saturated carbocycles. The predicted molar refractivity (Wildman–Crippen MR) is 142 cm³/mol. The molecule has 1 aromatic rings. The lowest BCUT2D eigenvalue weighted by atomic mass is 10.0. The fourth-order valence-corrected chi connectivity index (χ4v) is 4.06. The van der Waals surface area contributed by atoms with Crippen LogP contribution in [0.15, 0.2) is 30.3 Å². The second-order valence-electron chi connectivity index (χ2n) is 9.43. The van der Waals surface area contributed by atoms with Crippen molar-refractivity contribution in [3.63, 3.8) is 0 Å². The summed E-state index contributed by atoms with van der Waals surface area (Å²) in [6.45, 7) is 2.23. The number of aliphatic carboxylic acids is 1. The van der Waals surface area contributed by atoms with Crippen molar-refractivity contribution in [3.8, 4) is 11.8 Å². The van der Waals surface area contributed by atoms with Crippen LogP contribution in [-0.2, 0) is 14.3 Å². The summed E-state index contributed by atoms with van der Waals surface area (Å²) in [6.07, 6.45) is 12.6. The van der Waals surface area contributed by atoms with Crippen LogP contribution in [0.2, 0.25) is 0 Å². The number of para-hydroxylation sites is 1. The van der Waals surface area contributed by atoms with Gasteiger partial charge in [-0.1, -0.05) is 89.3 Å². The zero-order chi connectivity index (χ0) is 27.1. The summed E-state index contributed by atoms with van der Waals surface area (Å²) in [4.78, 5) is 36.1. The number of unbranched alkanes of at least 4 members (excludes halogenated alkanes) is 10. The summed E-state index contributed by atoms with van der Waals surface area (Å²) < 4.78 is 10.8. The average molecular weight is 517 g/mol. The van der Waals surface area contributed by atoms with Crippen molar-refractivity contribution < 1.29 is 29.0 Å². The van der Waals surface area contributed by atoms with Crippen molar-refractivity contribution in [1.29, 1.82) is 5.26 Å². The van der Waals surface area contributed by atoms with Gasteiger partial charge in [0.2, 0.25) is 0 Å². The summed E-state index contributed by atoms with van der Waals surface area (Å²) in [5.41, 5.74) is 0. The monoisotopic (exact) mass is 516 g/mol. The van der Waals surface area contributed by atoms with Crippen molar-refractivity contribution in [2.75, 3.05) is 0 Å². The van der Waals surface area contributed by atoms with Crippen LogP contribution in [0.25, 0.3) is 0 Å². The molecule has 0 aliphatic rings. The number of ether oxygens (including phenoxy) is 2. The summed E-state index contributed by atoms with van der Waals surface area (Å²) in [5.74, 6) is -1.35. The molecular weight excluding hydrogens is 472 g/mol. The van der Waals surface area contributed by atoms with E-state index in [0.717, 1.165) is 19.3 Å². The Morgan fingerprint density at radius 2 is 1.49 bits per heavy atom. The van der Waals surface area contributed by atoms with Gasteiger partial charge in [-0.15, -0.1) is 0 Å². The average Bonchev–Trinajstić information content (AvgIpc) is 2.87. The number of hydrogen-bond acceptors (Lipinski definition) is 6. The third-order valence-electron chi connectivity index (χ3n) is 6.15. The molecule has 0 bridgehead atoms. The largest absolute Gasteiger partial charge is 0.481 e. The Morgan fingerprint density at radius 1 is 0.892 bits per heavy atom. The van der Waals surface area contributed by atoms with Gasteiger partial charge in [0.1, 0.15) is 17.9 Å². The molecule has 0 aliphatic heterocycles. The molecule has 0 aliphatic carbocycles. The van der Waals surface area contributed by atoms with Gasteiger partial charge in [-0.3, -0.25) is 4.79 Å². The highest BCUT2D eigenvalue weighted by Crippen LogP contribution is 2.16. The number of esters is 1. The number of rotatable bonds is 21. The number of amides is 1. The van der Waals surface area contributed by atoms with Gasteiger partial charge >= 0.3 is 18.0 Å². The van der Waals surface area contributed by atoms with E-state index in [0.29, 0.717) is 12.2 Å². The lowest BCUT2D eigenvalue weighted by molar-refractivity contribution is -0.152. The van der Waals surface area contributed by atoms with Gasteiger partial charge in [0.05, 0.1) is 12.5 Å². The summed E-state index contributed by atoms with van der Waals surface area (Å²) in [7, 11) is 0. The summed E-state index contributed by atoms with van der Waals surface area (Å²) in [5, 5.41) is 20.6. The molecular formula is C29H44N2O6. The standard InChI is InChI=1S/C29H44N2O6/c1-2-3-4-5-6-7-8-9-10-11-13-19-25(22-23-30)36-28(34)26(20-16-21-27(32)33)31-29(35)37-24-17-14-12-15-18-24/h12,14-15,17-18,25-26H,2-11,13,16,19-22H2,1H3,(H,31,35)(H,32,33). The first kappa shape index (κ1) is 31.9. The quantitative estimate of drug-likeness (QED) is 0.134. The lowest BCUT2D eigenvalue weighted by Gasteiger charge is -2.21. The minimum Gasteiger partial charge on any atom is -0.481 e. The van der Waals surface area contributed by atoms with Crippen LogP contribution in [0.5, 0.6) is 5.75 Å². The highest BCUT2D eigenvalue weighted by atomic mass is 16.6. The maximum atomic E-state index is 12.8. The molecule has 2 unspecified atom stereocenters. The Morgan fingerprint density at radius 3 is 2.05 bits per heavy atom. The molecule has 0 aromatic heterocycles. The normalized spacial score (nSPS) is 12.2. The number of nitrogens with zero attached hydrogens (tertiary/aromatic N) is 1. The van der Waals surface area contributed by atoms with E-state index in [1.807, 2.05) is 0 Å². The van der Waals surface area contributed by atoms with Crippen LogP contribution in [0, 0.1) is 11.3 Å². The Balaban J connectivity index is 2.46. The van der Waals surface area contributed by atoms with Crippen LogP contribution in [0.4, 0.5) is 4.79 Å². The fraction of sp³-hybridized carbons (Fsp3) is 0.655. The van der Waals surface area contributed by atoms with Gasteiger partial charge in [-0.05, 0) is 37.8 Å². The smallest absolute Gasteiger partial charge is 0.413 e. The van der Waals surface area contributed by atoms with Crippen molar-refractivity contribution in [2.24, 2.45) is 0 Å². The number of carbonyl (C=O) groups is 3. The maximum Gasteiger partial charge on any atom is 0.413 e. The Bertz CT molecular complexity index is 808. The van der Waals surface area contributed by atoms with E-state index in [2.05, 4.69) is 18.3 Å². The molecule has 0 spiro atoms.